The number of unbranched alkanes of at least 4 members (excludes halogenated alkanes) is 5. The number of carbonyl (C=O) groups excluding carboxylic acids is 1. The number of esters is 1. The van der Waals surface area contributed by atoms with Gasteiger partial charge < -0.3 is 4.74 Å². The Labute approximate surface area is 150 Å². The maximum atomic E-state index is 11.4. The van der Waals surface area contributed by atoms with Crippen molar-refractivity contribution in [3.05, 3.63) is 36.5 Å². The first-order valence-electron chi connectivity index (χ1n) is 9.77. The quantitative estimate of drug-likeness (QED) is 0.187. The second kappa shape index (κ2) is 18.0. The SMILES string of the molecule is CC/C=C\C/C=C\C/C=C\CCCCCCCC(=O)OCC(C)C. The standard InChI is InChI=1S/C22H38O2/c1-4-5-6-7-8-9-10-11-12-13-14-15-16-17-18-19-22(23)24-20-21(2)3/h5-6,8-9,11-12,21H,4,7,10,13-20H2,1-3H3/b6-5-,9-8-,12-11-. The van der Waals surface area contributed by atoms with E-state index in [-0.39, 0.29) is 5.97 Å². The fraction of sp³-hybridized carbons (Fsp3) is 0.682. The first-order valence-corrected chi connectivity index (χ1v) is 9.77. The highest BCUT2D eigenvalue weighted by molar-refractivity contribution is 5.69. The summed E-state index contributed by atoms with van der Waals surface area (Å²) in [6.45, 7) is 6.83. The summed E-state index contributed by atoms with van der Waals surface area (Å²) in [5.74, 6) is 0.389. The van der Waals surface area contributed by atoms with Crippen LogP contribution in [0.5, 0.6) is 0 Å². The molecule has 0 rings (SSSR count). The highest BCUT2D eigenvalue weighted by Crippen LogP contribution is 2.09. The fourth-order valence-electron chi connectivity index (χ4n) is 2.22. The van der Waals surface area contributed by atoms with Gasteiger partial charge in [0.2, 0.25) is 0 Å². The van der Waals surface area contributed by atoms with Crippen molar-refractivity contribution >= 4 is 5.97 Å². The van der Waals surface area contributed by atoms with Crippen molar-refractivity contribution in [1.29, 1.82) is 0 Å². The number of hydrogen-bond acceptors (Lipinski definition) is 2. The maximum Gasteiger partial charge on any atom is 0.305 e. The molecule has 0 heterocycles. The fourth-order valence-corrected chi connectivity index (χ4v) is 2.22. The van der Waals surface area contributed by atoms with Gasteiger partial charge in [-0.05, 0) is 44.4 Å². The van der Waals surface area contributed by atoms with Crippen molar-refractivity contribution in [1.82, 2.24) is 0 Å². The second-order valence-electron chi connectivity index (χ2n) is 6.68. The molecule has 0 radical (unpaired) electrons. The molecule has 0 amide bonds. The van der Waals surface area contributed by atoms with Gasteiger partial charge in [-0.2, -0.15) is 0 Å². The third-order valence-corrected chi connectivity index (χ3v) is 3.61. The summed E-state index contributed by atoms with van der Waals surface area (Å²) < 4.78 is 5.17. The normalized spacial score (nSPS) is 12.2. The van der Waals surface area contributed by atoms with Gasteiger partial charge >= 0.3 is 5.97 Å². The van der Waals surface area contributed by atoms with Crippen LogP contribution in [0.25, 0.3) is 0 Å². The number of allylic oxidation sites excluding steroid dienone is 6. The largest absolute Gasteiger partial charge is 0.465 e. The molecule has 138 valence electrons. The van der Waals surface area contributed by atoms with Crippen LogP contribution in [0, 0.1) is 5.92 Å². The molecule has 0 N–H and O–H groups in total. The summed E-state index contributed by atoms with van der Waals surface area (Å²) >= 11 is 0. The van der Waals surface area contributed by atoms with Crippen LogP contribution in [0.15, 0.2) is 36.5 Å². The van der Waals surface area contributed by atoms with Gasteiger partial charge in [0.05, 0.1) is 6.61 Å². The summed E-state index contributed by atoms with van der Waals surface area (Å²) in [5.41, 5.74) is 0. The van der Waals surface area contributed by atoms with E-state index in [2.05, 4.69) is 57.2 Å². The average Bonchev–Trinajstić information content (AvgIpc) is 2.56. The lowest BCUT2D eigenvalue weighted by Gasteiger charge is -2.06. The van der Waals surface area contributed by atoms with Crippen LogP contribution in [0.2, 0.25) is 0 Å². The Balaban J connectivity index is 3.31. The molecular formula is C22H38O2. The number of rotatable bonds is 15. The van der Waals surface area contributed by atoms with Gasteiger partial charge in [-0.1, -0.05) is 76.5 Å². The van der Waals surface area contributed by atoms with Crippen LogP contribution in [-0.2, 0) is 9.53 Å². The smallest absolute Gasteiger partial charge is 0.305 e. The molecule has 2 nitrogen and oxygen atoms in total. The van der Waals surface area contributed by atoms with E-state index in [4.69, 9.17) is 4.74 Å². The minimum Gasteiger partial charge on any atom is -0.465 e. The highest BCUT2D eigenvalue weighted by atomic mass is 16.5. The average molecular weight is 335 g/mol. The zero-order chi connectivity index (χ0) is 17.9. The van der Waals surface area contributed by atoms with Crippen LogP contribution < -0.4 is 0 Å². The van der Waals surface area contributed by atoms with Crippen molar-refractivity contribution in [2.45, 2.75) is 85.0 Å². The molecule has 0 unspecified atom stereocenters. The monoisotopic (exact) mass is 334 g/mol. The van der Waals surface area contributed by atoms with Crippen LogP contribution in [0.1, 0.15) is 85.0 Å². The molecule has 0 aliphatic carbocycles. The lowest BCUT2D eigenvalue weighted by Crippen LogP contribution is -2.09. The molecule has 0 fully saturated rings. The first kappa shape index (κ1) is 22.7. The lowest BCUT2D eigenvalue weighted by molar-refractivity contribution is -0.144. The highest BCUT2D eigenvalue weighted by Gasteiger charge is 2.03. The number of hydrogen-bond donors (Lipinski definition) is 0. The van der Waals surface area contributed by atoms with Crippen LogP contribution in [-0.4, -0.2) is 12.6 Å². The van der Waals surface area contributed by atoms with Crippen molar-refractivity contribution in [2.75, 3.05) is 6.61 Å². The number of ether oxygens (including phenoxy) is 1. The van der Waals surface area contributed by atoms with Gasteiger partial charge in [-0.15, -0.1) is 0 Å². The van der Waals surface area contributed by atoms with Crippen LogP contribution >= 0.6 is 0 Å². The molecule has 2 heteroatoms. The third-order valence-electron chi connectivity index (χ3n) is 3.61. The summed E-state index contributed by atoms with van der Waals surface area (Å²) in [4.78, 5) is 11.4. The molecule has 0 aliphatic heterocycles. The Bertz CT molecular complexity index is 364. The molecule has 0 bridgehead atoms. The molecule has 24 heavy (non-hydrogen) atoms. The second-order valence-corrected chi connectivity index (χ2v) is 6.68. The molecule has 0 atom stereocenters. The Morgan fingerprint density at radius 2 is 1.42 bits per heavy atom. The van der Waals surface area contributed by atoms with Crippen molar-refractivity contribution < 1.29 is 9.53 Å². The minimum atomic E-state index is -0.0372. The lowest BCUT2D eigenvalue weighted by atomic mass is 10.1. The minimum absolute atomic E-state index is 0.0372. The summed E-state index contributed by atoms with van der Waals surface area (Å²) in [6.07, 6.45) is 24.2. The summed E-state index contributed by atoms with van der Waals surface area (Å²) in [5, 5.41) is 0. The third kappa shape index (κ3) is 18.7. The molecule has 0 aromatic heterocycles. The summed E-state index contributed by atoms with van der Waals surface area (Å²) in [7, 11) is 0. The topological polar surface area (TPSA) is 26.3 Å². The van der Waals surface area contributed by atoms with E-state index in [0.29, 0.717) is 18.9 Å². The van der Waals surface area contributed by atoms with Crippen LogP contribution in [0.4, 0.5) is 0 Å². The van der Waals surface area contributed by atoms with E-state index in [1.165, 1.54) is 25.7 Å². The zero-order valence-corrected chi connectivity index (χ0v) is 16.1. The van der Waals surface area contributed by atoms with Gasteiger partial charge in [0.1, 0.15) is 0 Å². The molecule has 0 aliphatic rings. The molecule has 0 saturated heterocycles. The zero-order valence-electron chi connectivity index (χ0n) is 16.1. The van der Waals surface area contributed by atoms with E-state index < -0.39 is 0 Å². The van der Waals surface area contributed by atoms with E-state index in [1.807, 2.05) is 0 Å². The van der Waals surface area contributed by atoms with Crippen molar-refractivity contribution in [3.63, 3.8) is 0 Å². The van der Waals surface area contributed by atoms with E-state index in [0.717, 1.165) is 32.1 Å². The van der Waals surface area contributed by atoms with Gasteiger partial charge in [-0.25, -0.2) is 0 Å². The Kier molecular flexibility index (Phi) is 17.1. The predicted molar refractivity (Wildman–Crippen MR) is 105 cm³/mol. The van der Waals surface area contributed by atoms with Crippen LogP contribution in [0.3, 0.4) is 0 Å². The van der Waals surface area contributed by atoms with Gasteiger partial charge in [0.15, 0.2) is 0 Å². The predicted octanol–water partition coefficient (Wildman–Crippen LogP) is 6.78. The molecule has 0 aromatic rings. The molecule has 0 aromatic carbocycles. The molecule has 0 spiro atoms. The van der Waals surface area contributed by atoms with Gasteiger partial charge in [0.25, 0.3) is 0 Å². The van der Waals surface area contributed by atoms with E-state index in [9.17, 15) is 4.79 Å². The van der Waals surface area contributed by atoms with Crippen molar-refractivity contribution in [2.24, 2.45) is 5.92 Å². The van der Waals surface area contributed by atoms with Crippen molar-refractivity contribution in [3.8, 4) is 0 Å². The van der Waals surface area contributed by atoms with E-state index >= 15 is 0 Å². The van der Waals surface area contributed by atoms with E-state index in [1.54, 1.807) is 0 Å². The Morgan fingerprint density at radius 1 is 0.833 bits per heavy atom. The van der Waals surface area contributed by atoms with Gasteiger partial charge in [0, 0.05) is 6.42 Å². The first-order chi connectivity index (χ1) is 11.7. The molecular weight excluding hydrogens is 296 g/mol. The Hall–Kier alpha value is -1.31. The Morgan fingerprint density at radius 3 is 2.08 bits per heavy atom. The summed E-state index contributed by atoms with van der Waals surface area (Å²) in [6, 6.07) is 0. The molecule has 0 saturated carbocycles. The van der Waals surface area contributed by atoms with Gasteiger partial charge in [-0.3, -0.25) is 4.79 Å². The number of carbonyl (C=O) groups is 1. The maximum absolute atomic E-state index is 11.4.